The number of aryl methyl sites for hydroxylation is 1. The topological polar surface area (TPSA) is 82.1 Å². The lowest BCUT2D eigenvalue weighted by Crippen LogP contribution is -2.34. The molecule has 0 radical (unpaired) electrons. The first-order valence-electron chi connectivity index (χ1n) is 9.54. The second-order valence-corrected chi connectivity index (χ2v) is 11.0. The fourth-order valence-corrected chi connectivity index (χ4v) is 4.96. The van der Waals surface area contributed by atoms with Crippen molar-refractivity contribution in [1.29, 1.82) is 0 Å². The third-order valence-electron chi connectivity index (χ3n) is 4.55. The highest BCUT2D eigenvalue weighted by atomic mass is 32.2. The van der Waals surface area contributed by atoms with Crippen LogP contribution in [0.15, 0.2) is 58.4 Å². The van der Waals surface area contributed by atoms with Gasteiger partial charge in [0.15, 0.2) is 5.17 Å². The molecule has 0 spiro atoms. The zero-order valence-electron chi connectivity index (χ0n) is 17.5. The quantitative estimate of drug-likeness (QED) is 0.736. The predicted molar refractivity (Wildman–Crippen MR) is 123 cm³/mol. The summed E-state index contributed by atoms with van der Waals surface area (Å²) in [4.78, 5) is 19.3. The van der Waals surface area contributed by atoms with E-state index in [1.165, 1.54) is 18.4 Å². The van der Waals surface area contributed by atoms with Crippen molar-refractivity contribution in [3.05, 3.63) is 54.1 Å². The van der Waals surface area contributed by atoms with Crippen LogP contribution in [-0.2, 0) is 14.8 Å². The largest absolute Gasteiger partial charge is 0.341 e. The number of rotatable bonds is 6. The van der Waals surface area contributed by atoms with Crippen molar-refractivity contribution in [1.82, 2.24) is 9.21 Å². The molecule has 2 aromatic carbocycles. The van der Waals surface area contributed by atoms with E-state index in [0.29, 0.717) is 17.4 Å². The van der Waals surface area contributed by atoms with Gasteiger partial charge in [-0.15, -0.1) is 0 Å². The number of carbonyl (C=O) groups is 1. The van der Waals surface area contributed by atoms with Gasteiger partial charge in [0.25, 0.3) is 0 Å². The van der Waals surface area contributed by atoms with Gasteiger partial charge in [-0.05, 0) is 37.3 Å². The summed E-state index contributed by atoms with van der Waals surface area (Å²) in [5.74, 6) is -0.120. The molecule has 30 heavy (non-hydrogen) atoms. The maximum absolute atomic E-state index is 12.5. The minimum absolute atomic E-state index is 0.120. The van der Waals surface area contributed by atoms with E-state index in [4.69, 9.17) is 0 Å². The molecule has 1 fully saturated rings. The predicted octanol–water partition coefficient (Wildman–Crippen LogP) is 3.31. The fourth-order valence-electron chi connectivity index (χ4n) is 2.95. The highest BCUT2D eigenvalue weighted by Gasteiger charge is 2.27. The van der Waals surface area contributed by atoms with Gasteiger partial charge in [-0.25, -0.2) is 17.7 Å². The van der Waals surface area contributed by atoms with E-state index in [0.717, 1.165) is 11.3 Å². The zero-order valence-corrected chi connectivity index (χ0v) is 19.1. The number of nitrogens with one attached hydrogen (secondary N) is 1. The Morgan fingerprint density at radius 2 is 1.93 bits per heavy atom. The van der Waals surface area contributed by atoms with Gasteiger partial charge in [0.1, 0.15) is 0 Å². The summed E-state index contributed by atoms with van der Waals surface area (Å²) in [5.41, 5.74) is 2.43. The summed E-state index contributed by atoms with van der Waals surface area (Å²) in [6.45, 7) is 4.95. The van der Waals surface area contributed by atoms with Crippen LogP contribution in [0.5, 0.6) is 0 Å². The molecule has 2 aromatic rings. The summed E-state index contributed by atoms with van der Waals surface area (Å²) in [6, 6.07) is 14.2. The molecule has 1 N–H and O–H groups in total. The minimum atomic E-state index is -3.53. The Hall–Kier alpha value is -2.36. The molecule has 3 rings (SSSR count). The number of aliphatic imine (C=N–C) groups is 1. The van der Waals surface area contributed by atoms with Crippen LogP contribution in [0.1, 0.15) is 12.5 Å². The summed E-state index contributed by atoms with van der Waals surface area (Å²) in [7, 11) is -0.541. The van der Waals surface area contributed by atoms with Crippen LogP contribution in [0, 0.1) is 6.92 Å². The molecule has 1 unspecified atom stereocenters. The average Bonchev–Trinajstić information content (AvgIpc) is 3.02. The first-order chi connectivity index (χ1) is 14.1. The molecular formula is C21H26N4O3S2. The van der Waals surface area contributed by atoms with Gasteiger partial charge in [-0.3, -0.25) is 4.79 Å². The molecule has 1 aliphatic heterocycles. The van der Waals surface area contributed by atoms with E-state index in [1.807, 2.05) is 36.1 Å². The van der Waals surface area contributed by atoms with E-state index < -0.39 is 10.0 Å². The van der Waals surface area contributed by atoms with Gasteiger partial charge in [-0.1, -0.05) is 42.4 Å². The average molecular weight is 447 g/mol. The number of carbonyl (C=O) groups excluding carboxylic acids is 1. The Morgan fingerprint density at radius 3 is 2.60 bits per heavy atom. The highest BCUT2D eigenvalue weighted by molar-refractivity contribution is 8.14. The van der Waals surface area contributed by atoms with Gasteiger partial charge >= 0.3 is 0 Å². The minimum Gasteiger partial charge on any atom is -0.341 e. The highest BCUT2D eigenvalue weighted by Crippen LogP contribution is 2.29. The second kappa shape index (κ2) is 9.20. The van der Waals surface area contributed by atoms with Crippen molar-refractivity contribution in [2.75, 3.05) is 32.5 Å². The molecule has 0 aliphatic carbocycles. The zero-order chi connectivity index (χ0) is 21.9. The third kappa shape index (κ3) is 5.41. The van der Waals surface area contributed by atoms with Gasteiger partial charge in [0.2, 0.25) is 15.9 Å². The number of anilines is 1. The summed E-state index contributed by atoms with van der Waals surface area (Å²) in [6.07, 6.45) is 0. The Balaban J connectivity index is 1.76. The fraction of sp³-hybridized carbons (Fsp3) is 0.333. The van der Waals surface area contributed by atoms with Crippen LogP contribution in [0.4, 0.5) is 11.4 Å². The Morgan fingerprint density at radius 1 is 1.23 bits per heavy atom. The molecular weight excluding hydrogens is 420 g/mol. The smallest absolute Gasteiger partial charge is 0.243 e. The van der Waals surface area contributed by atoms with Crippen LogP contribution in [0.25, 0.3) is 0 Å². The van der Waals surface area contributed by atoms with Crippen molar-refractivity contribution in [2.45, 2.75) is 24.0 Å². The number of benzene rings is 2. The maximum Gasteiger partial charge on any atom is 0.243 e. The van der Waals surface area contributed by atoms with Crippen LogP contribution in [0.3, 0.4) is 0 Å². The molecule has 1 atom stereocenters. The van der Waals surface area contributed by atoms with Gasteiger partial charge in [0, 0.05) is 31.6 Å². The van der Waals surface area contributed by atoms with Crippen LogP contribution in [-0.4, -0.2) is 61.1 Å². The third-order valence-corrected chi connectivity index (χ3v) is 7.47. The van der Waals surface area contributed by atoms with Gasteiger partial charge < -0.3 is 10.2 Å². The van der Waals surface area contributed by atoms with Crippen molar-refractivity contribution in [3.8, 4) is 0 Å². The number of hydrogen-bond acceptors (Lipinski definition) is 5. The molecule has 1 aliphatic rings. The Kier molecular flexibility index (Phi) is 6.84. The lowest BCUT2D eigenvalue weighted by atomic mass is 10.2. The monoisotopic (exact) mass is 446 g/mol. The number of amidine groups is 1. The standard InChI is InChI=1S/C21H26N4O3S2/c1-15-8-10-17(11-9-15)22-20(26)14-25-13-16(2)29-21(25)23-18-6-5-7-19(12-18)30(27,28)24(3)4/h5-12,16H,13-14H2,1-4H3,(H,22,26). The van der Waals surface area contributed by atoms with E-state index in [1.54, 1.807) is 36.0 Å². The Bertz CT molecular complexity index is 1050. The molecule has 9 heteroatoms. The summed E-state index contributed by atoms with van der Waals surface area (Å²) in [5, 5.41) is 3.90. The Labute approximate surface area is 182 Å². The first-order valence-corrected chi connectivity index (χ1v) is 11.9. The number of thioether (sulfide) groups is 1. The number of hydrogen-bond donors (Lipinski definition) is 1. The van der Waals surface area contributed by atoms with Crippen LogP contribution in [0.2, 0.25) is 0 Å². The van der Waals surface area contributed by atoms with E-state index in [-0.39, 0.29) is 22.6 Å². The molecule has 0 bridgehead atoms. The molecule has 160 valence electrons. The molecule has 0 saturated carbocycles. The number of amides is 1. The van der Waals surface area contributed by atoms with E-state index in [9.17, 15) is 13.2 Å². The van der Waals surface area contributed by atoms with Crippen LogP contribution >= 0.6 is 11.8 Å². The SMILES string of the molecule is Cc1ccc(NC(=O)CN2CC(C)SC2=Nc2cccc(S(=O)(=O)N(C)C)c2)cc1. The van der Waals surface area contributed by atoms with Gasteiger partial charge in [0.05, 0.1) is 17.1 Å². The maximum atomic E-state index is 12.5. The second-order valence-electron chi connectivity index (χ2n) is 7.40. The molecule has 0 aromatic heterocycles. The normalized spacial score (nSPS) is 18.2. The molecule has 1 heterocycles. The van der Waals surface area contributed by atoms with E-state index >= 15 is 0 Å². The number of nitrogens with zero attached hydrogens (tertiary/aromatic N) is 3. The molecule has 7 nitrogen and oxygen atoms in total. The van der Waals surface area contributed by atoms with Gasteiger partial charge in [-0.2, -0.15) is 0 Å². The summed E-state index contributed by atoms with van der Waals surface area (Å²) >= 11 is 1.57. The van der Waals surface area contributed by atoms with Crippen molar-refractivity contribution in [2.24, 2.45) is 4.99 Å². The van der Waals surface area contributed by atoms with Crippen molar-refractivity contribution < 1.29 is 13.2 Å². The van der Waals surface area contributed by atoms with Crippen molar-refractivity contribution >= 4 is 44.2 Å². The lowest BCUT2D eigenvalue weighted by Gasteiger charge is -2.18. The van der Waals surface area contributed by atoms with E-state index in [2.05, 4.69) is 17.2 Å². The van der Waals surface area contributed by atoms with Crippen molar-refractivity contribution in [3.63, 3.8) is 0 Å². The molecule has 1 saturated heterocycles. The molecule has 1 amide bonds. The van der Waals surface area contributed by atoms with Crippen LogP contribution < -0.4 is 5.32 Å². The lowest BCUT2D eigenvalue weighted by molar-refractivity contribution is -0.116. The first kappa shape index (κ1) is 22.3. The number of sulfonamides is 1. The summed E-state index contributed by atoms with van der Waals surface area (Å²) < 4.78 is 25.9.